The van der Waals surface area contributed by atoms with Crippen LogP contribution < -0.4 is 5.32 Å². The summed E-state index contributed by atoms with van der Waals surface area (Å²) in [7, 11) is 0. The number of nitrogens with zero attached hydrogens (tertiary/aromatic N) is 4. The number of nitrogens with one attached hydrogen (secondary N) is 1. The van der Waals surface area contributed by atoms with E-state index in [2.05, 4.69) is 15.2 Å². The van der Waals surface area contributed by atoms with Gasteiger partial charge in [-0.3, -0.25) is 18.9 Å². The number of fused-ring (bicyclic) bond motifs is 3. The number of alkyl halides is 1. The summed E-state index contributed by atoms with van der Waals surface area (Å²) in [5.74, 6) is -0.761. The van der Waals surface area contributed by atoms with Crippen LogP contribution in [0.25, 0.3) is 26.4 Å². The van der Waals surface area contributed by atoms with E-state index in [9.17, 15) is 18.8 Å². The van der Waals surface area contributed by atoms with Gasteiger partial charge in [0.25, 0.3) is 5.91 Å². The van der Waals surface area contributed by atoms with Crippen molar-refractivity contribution in [2.45, 2.75) is 64.3 Å². The summed E-state index contributed by atoms with van der Waals surface area (Å²) in [6.07, 6.45) is 2.55. The average Bonchev–Trinajstić information content (AvgIpc) is 3.67. The molecule has 12 heteroatoms. The fourth-order valence-electron chi connectivity index (χ4n) is 5.95. The molecule has 1 N–H and O–H groups in total. The third-order valence-electron chi connectivity index (χ3n) is 8.24. The zero-order valence-corrected chi connectivity index (χ0v) is 26.5. The van der Waals surface area contributed by atoms with Crippen molar-refractivity contribution in [2.75, 3.05) is 32.7 Å². The first kappa shape index (κ1) is 31.1. The van der Waals surface area contributed by atoms with Gasteiger partial charge < -0.3 is 15.0 Å². The number of amides is 2. The molecule has 2 amide bonds. The van der Waals surface area contributed by atoms with Gasteiger partial charge in [0.2, 0.25) is 0 Å². The minimum Gasteiger partial charge on any atom is -0.444 e. The number of hydrogen-bond donors (Lipinski definition) is 1. The molecule has 6 rings (SSSR count). The Labute approximate surface area is 264 Å². The topological polar surface area (TPSA) is 96.2 Å². The molecule has 0 saturated carbocycles. The number of rotatable bonds is 7. The lowest BCUT2D eigenvalue weighted by Gasteiger charge is -2.28. The molecule has 45 heavy (non-hydrogen) atoms. The van der Waals surface area contributed by atoms with Crippen LogP contribution in [0.5, 0.6) is 0 Å². The zero-order valence-electron chi connectivity index (χ0n) is 25.6. The number of benzene rings is 2. The van der Waals surface area contributed by atoms with Crippen LogP contribution in [0, 0.1) is 5.82 Å². The average molecular weight is 638 g/mol. The lowest BCUT2D eigenvalue weighted by molar-refractivity contribution is -0.117. The number of thiazole rings is 1. The second-order valence-corrected chi connectivity index (χ2v) is 13.8. The highest BCUT2D eigenvalue weighted by Crippen LogP contribution is 2.35. The number of Topliss-reactive ketones (excluding diaryl/α,β-unsaturated/α-hetero) is 1. The maximum Gasteiger partial charge on any atom is 0.411 e. The van der Waals surface area contributed by atoms with Gasteiger partial charge >= 0.3 is 6.09 Å². The Bertz CT molecular complexity index is 1750. The number of carbonyl (C=O) groups excluding carboxylic acids is 3. The molecule has 2 aliphatic heterocycles. The molecule has 1 atom stereocenters. The van der Waals surface area contributed by atoms with Gasteiger partial charge in [-0.2, -0.15) is 0 Å². The van der Waals surface area contributed by atoms with Gasteiger partial charge in [0.05, 0.1) is 28.5 Å². The molecule has 0 radical (unpaired) electrons. The highest BCUT2D eigenvalue weighted by Gasteiger charge is 2.38. The summed E-state index contributed by atoms with van der Waals surface area (Å²) in [5.41, 5.74) is 1.98. The second-order valence-electron chi connectivity index (χ2n) is 12.8. The van der Waals surface area contributed by atoms with Crippen LogP contribution in [-0.2, 0) is 9.53 Å². The molecule has 1 unspecified atom stereocenters. The van der Waals surface area contributed by atoms with Crippen LogP contribution >= 0.6 is 11.3 Å². The molecule has 4 aromatic rings. The fourth-order valence-corrected chi connectivity index (χ4v) is 7.00. The van der Waals surface area contributed by atoms with Gasteiger partial charge in [-0.05, 0) is 82.5 Å². The first-order valence-corrected chi connectivity index (χ1v) is 16.1. The van der Waals surface area contributed by atoms with Crippen molar-refractivity contribution in [1.82, 2.24) is 24.5 Å². The van der Waals surface area contributed by atoms with Gasteiger partial charge in [-0.1, -0.05) is 17.4 Å². The molecule has 0 aliphatic carbocycles. The Hall–Kier alpha value is -3.90. The highest BCUT2D eigenvalue weighted by molar-refractivity contribution is 7.23. The molecule has 9 nitrogen and oxygen atoms in total. The van der Waals surface area contributed by atoms with E-state index in [4.69, 9.17) is 4.74 Å². The molecule has 2 aromatic carbocycles. The number of ether oxygens (including phenoxy) is 1. The largest absolute Gasteiger partial charge is 0.444 e. The Morgan fingerprint density at radius 2 is 1.91 bits per heavy atom. The van der Waals surface area contributed by atoms with E-state index in [1.54, 1.807) is 45.2 Å². The van der Waals surface area contributed by atoms with E-state index in [-0.39, 0.29) is 24.7 Å². The number of ketones is 1. The standard InChI is InChI=1S/C33H37F2N5O4S/c1-33(2,3)44-32(43)40-18-23(41)17-28(40)20-5-7-24(25(35)15-20)26-19-39-27-8-6-21(16-29(27)45-31(39)37-26)30(42)36-11-4-12-38-13-9-22(34)10-14-38/h5-8,15-16,19,22,28H,4,9-14,17-18H2,1-3H3,(H,36,42). The molecule has 4 heterocycles. The smallest absolute Gasteiger partial charge is 0.411 e. The summed E-state index contributed by atoms with van der Waals surface area (Å²) in [6.45, 7) is 8.11. The van der Waals surface area contributed by atoms with Crippen molar-refractivity contribution in [2.24, 2.45) is 0 Å². The lowest BCUT2D eigenvalue weighted by Crippen LogP contribution is -2.36. The third-order valence-corrected chi connectivity index (χ3v) is 9.25. The molecule has 2 aromatic heterocycles. The van der Waals surface area contributed by atoms with Crippen LogP contribution in [0.4, 0.5) is 13.6 Å². The van der Waals surface area contributed by atoms with E-state index in [1.807, 2.05) is 16.5 Å². The minimum atomic E-state index is -0.717. The zero-order chi connectivity index (χ0) is 31.9. The number of carbonyl (C=O) groups is 3. The first-order valence-electron chi connectivity index (χ1n) is 15.3. The van der Waals surface area contributed by atoms with Crippen LogP contribution in [0.3, 0.4) is 0 Å². The lowest BCUT2D eigenvalue weighted by atomic mass is 10.0. The Kier molecular flexibility index (Phi) is 8.62. The number of aromatic nitrogens is 2. The SMILES string of the molecule is CC(C)(C)OC(=O)N1CC(=O)CC1c1ccc(-c2cn3c(n2)sc2cc(C(=O)NCCCN4CCC(F)CC4)ccc23)c(F)c1. The minimum absolute atomic E-state index is 0.0710. The maximum absolute atomic E-state index is 15.5. The van der Waals surface area contributed by atoms with Gasteiger partial charge in [-0.15, -0.1) is 0 Å². The second kappa shape index (κ2) is 12.5. The molecule has 238 valence electrons. The van der Waals surface area contributed by atoms with E-state index in [0.717, 1.165) is 36.3 Å². The number of piperidine rings is 1. The summed E-state index contributed by atoms with van der Waals surface area (Å²) < 4.78 is 37.1. The Morgan fingerprint density at radius 1 is 1.13 bits per heavy atom. The van der Waals surface area contributed by atoms with E-state index in [0.29, 0.717) is 46.7 Å². The first-order chi connectivity index (χ1) is 21.4. The Balaban J connectivity index is 1.13. The molecule has 2 fully saturated rings. The summed E-state index contributed by atoms with van der Waals surface area (Å²) in [6, 6.07) is 9.58. The monoisotopic (exact) mass is 637 g/mol. The number of imidazole rings is 1. The van der Waals surface area contributed by atoms with Crippen molar-refractivity contribution in [1.29, 1.82) is 0 Å². The van der Waals surface area contributed by atoms with Crippen LogP contribution in [0.15, 0.2) is 42.6 Å². The van der Waals surface area contributed by atoms with Crippen molar-refractivity contribution < 1.29 is 27.9 Å². The van der Waals surface area contributed by atoms with Gasteiger partial charge in [-0.25, -0.2) is 18.6 Å². The third kappa shape index (κ3) is 6.86. The summed E-state index contributed by atoms with van der Waals surface area (Å²) in [5, 5.41) is 2.98. The van der Waals surface area contributed by atoms with Crippen molar-refractivity contribution in [3.05, 3.63) is 59.5 Å². The van der Waals surface area contributed by atoms with Crippen LogP contribution in [0.1, 0.15) is 68.4 Å². The van der Waals surface area contributed by atoms with E-state index >= 15 is 4.39 Å². The van der Waals surface area contributed by atoms with Crippen LogP contribution in [0.2, 0.25) is 0 Å². The van der Waals surface area contributed by atoms with Gasteiger partial charge in [0.15, 0.2) is 10.7 Å². The molecule has 0 spiro atoms. The molecular formula is C33H37F2N5O4S. The highest BCUT2D eigenvalue weighted by atomic mass is 32.1. The molecule has 2 aliphatic rings. The van der Waals surface area contributed by atoms with Crippen molar-refractivity contribution >= 4 is 44.3 Å². The summed E-state index contributed by atoms with van der Waals surface area (Å²) in [4.78, 5) is 46.7. The summed E-state index contributed by atoms with van der Waals surface area (Å²) >= 11 is 1.41. The fraction of sp³-hybridized carbons (Fsp3) is 0.455. The molecular weight excluding hydrogens is 600 g/mol. The molecule has 2 saturated heterocycles. The normalized spacial score (nSPS) is 18.3. The van der Waals surface area contributed by atoms with E-state index < -0.39 is 29.7 Å². The number of hydrogen-bond acceptors (Lipinski definition) is 7. The predicted octanol–water partition coefficient (Wildman–Crippen LogP) is 6.16. The quantitative estimate of drug-likeness (QED) is 0.244. The van der Waals surface area contributed by atoms with E-state index in [1.165, 1.54) is 22.3 Å². The number of halogens is 2. The van der Waals surface area contributed by atoms with Gasteiger partial charge in [0, 0.05) is 43.4 Å². The maximum atomic E-state index is 15.5. The van der Waals surface area contributed by atoms with Crippen molar-refractivity contribution in [3.63, 3.8) is 0 Å². The van der Waals surface area contributed by atoms with Crippen LogP contribution in [-0.4, -0.2) is 81.5 Å². The number of likely N-dealkylation sites (tertiary alicyclic amines) is 2. The predicted molar refractivity (Wildman–Crippen MR) is 169 cm³/mol. The van der Waals surface area contributed by atoms with Crippen molar-refractivity contribution in [3.8, 4) is 11.3 Å². The Morgan fingerprint density at radius 3 is 2.64 bits per heavy atom. The van der Waals surface area contributed by atoms with Gasteiger partial charge in [0.1, 0.15) is 17.6 Å². The molecule has 0 bridgehead atoms.